The van der Waals surface area contributed by atoms with Crippen molar-refractivity contribution in [3.05, 3.63) is 86.3 Å². The van der Waals surface area contributed by atoms with E-state index in [1.165, 1.54) is 16.8 Å². The molecular formula is C32H42N4O4. The molecule has 0 unspecified atom stereocenters. The second-order valence-corrected chi connectivity index (χ2v) is 10.5. The van der Waals surface area contributed by atoms with Crippen LogP contribution < -0.4 is 21.1 Å². The van der Waals surface area contributed by atoms with Crippen molar-refractivity contribution in [2.24, 2.45) is 0 Å². The van der Waals surface area contributed by atoms with Crippen LogP contribution in [0.15, 0.2) is 47.3 Å². The summed E-state index contributed by atoms with van der Waals surface area (Å²) in [5, 5.41) is 15.2. The first-order valence-electron chi connectivity index (χ1n) is 14.2. The number of hydrogen-bond acceptors (Lipinski definition) is 6. The van der Waals surface area contributed by atoms with E-state index < -0.39 is 0 Å². The Morgan fingerprint density at radius 3 is 2.42 bits per heavy atom. The molecule has 0 spiro atoms. The number of benzene rings is 2. The number of anilines is 1. The predicted octanol–water partition coefficient (Wildman–Crippen LogP) is 3.98. The maximum absolute atomic E-state index is 12.5. The number of aryl methyl sites for hydroxylation is 2. The summed E-state index contributed by atoms with van der Waals surface area (Å²) in [5.74, 6) is -0.201. The van der Waals surface area contributed by atoms with E-state index in [9.17, 15) is 9.59 Å². The lowest BCUT2D eigenvalue weighted by Crippen LogP contribution is -2.40. The zero-order valence-corrected chi connectivity index (χ0v) is 24.1. The molecule has 1 fully saturated rings. The highest BCUT2D eigenvalue weighted by Gasteiger charge is 2.23. The van der Waals surface area contributed by atoms with Crippen molar-refractivity contribution in [3.63, 3.8) is 0 Å². The lowest BCUT2D eigenvalue weighted by molar-refractivity contribution is 0.0846. The fourth-order valence-electron chi connectivity index (χ4n) is 5.54. The average Bonchev–Trinajstić information content (AvgIpc) is 2.95. The highest BCUT2D eigenvalue weighted by atomic mass is 16.5. The number of nitrogens with one attached hydrogen (secondary N) is 3. The summed E-state index contributed by atoms with van der Waals surface area (Å²) in [4.78, 5) is 30.3. The number of amides is 1. The summed E-state index contributed by atoms with van der Waals surface area (Å²) in [6.45, 7) is 11.9. The van der Waals surface area contributed by atoms with Gasteiger partial charge in [0.2, 0.25) is 0 Å². The molecule has 214 valence electrons. The van der Waals surface area contributed by atoms with Crippen LogP contribution in [0.1, 0.15) is 58.1 Å². The van der Waals surface area contributed by atoms with E-state index in [0.29, 0.717) is 24.7 Å². The van der Waals surface area contributed by atoms with Crippen LogP contribution in [0.25, 0.3) is 11.1 Å². The van der Waals surface area contributed by atoms with E-state index in [0.717, 1.165) is 60.5 Å². The van der Waals surface area contributed by atoms with Crippen molar-refractivity contribution < 1.29 is 14.6 Å². The Hall–Kier alpha value is -3.46. The number of pyridine rings is 1. The summed E-state index contributed by atoms with van der Waals surface area (Å²) in [6.07, 6.45) is 2.00. The summed E-state index contributed by atoms with van der Waals surface area (Å²) in [7, 11) is 0. The highest BCUT2D eigenvalue weighted by Crippen LogP contribution is 2.34. The number of H-pyrrole nitrogens is 1. The van der Waals surface area contributed by atoms with Crippen molar-refractivity contribution in [1.82, 2.24) is 15.6 Å². The molecule has 4 rings (SSSR count). The van der Waals surface area contributed by atoms with Gasteiger partial charge < -0.3 is 30.4 Å². The van der Waals surface area contributed by atoms with Crippen LogP contribution >= 0.6 is 0 Å². The molecule has 0 radical (unpaired) electrons. The Morgan fingerprint density at radius 2 is 1.77 bits per heavy atom. The van der Waals surface area contributed by atoms with E-state index in [2.05, 4.69) is 46.5 Å². The molecule has 0 bridgehead atoms. The average molecular weight is 547 g/mol. The summed E-state index contributed by atoms with van der Waals surface area (Å²) < 4.78 is 5.64. The van der Waals surface area contributed by atoms with Crippen LogP contribution in [-0.2, 0) is 17.8 Å². The van der Waals surface area contributed by atoms with Gasteiger partial charge in [-0.2, -0.15) is 0 Å². The van der Waals surface area contributed by atoms with Gasteiger partial charge in [0.25, 0.3) is 11.5 Å². The second-order valence-electron chi connectivity index (χ2n) is 10.5. The number of aliphatic hydroxyl groups is 1. The number of aromatic amines is 1. The van der Waals surface area contributed by atoms with Crippen LogP contribution in [0.4, 0.5) is 5.69 Å². The maximum Gasteiger partial charge on any atom is 0.252 e. The third-order valence-electron chi connectivity index (χ3n) is 7.76. The normalized spacial score (nSPS) is 13.8. The van der Waals surface area contributed by atoms with E-state index >= 15 is 0 Å². The molecule has 1 aliphatic heterocycles. The van der Waals surface area contributed by atoms with Crippen LogP contribution in [-0.4, -0.2) is 54.9 Å². The SMILES string of the molecule is CCN(c1cc(-c2ccc(C(=O)NCCO)cc2)cc(CNCc2c(C)cc(C)[nH]c2=O)c1C)C1CCOCC1. The Morgan fingerprint density at radius 1 is 1.05 bits per heavy atom. The molecule has 1 amide bonds. The molecule has 40 heavy (non-hydrogen) atoms. The summed E-state index contributed by atoms with van der Waals surface area (Å²) in [6, 6.07) is 14.5. The third kappa shape index (κ3) is 6.99. The molecule has 1 saturated heterocycles. The van der Waals surface area contributed by atoms with Crippen molar-refractivity contribution in [2.45, 2.75) is 59.7 Å². The quantitative estimate of drug-likeness (QED) is 0.290. The molecule has 8 nitrogen and oxygen atoms in total. The second kappa shape index (κ2) is 13.7. The fraction of sp³-hybridized carbons (Fsp3) is 0.438. The van der Waals surface area contributed by atoms with Gasteiger partial charge in [0.05, 0.1) is 6.61 Å². The first-order chi connectivity index (χ1) is 19.3. The molecule has 1 aliphatic rings. The van der Waals surface area contributed by atoms with E-state index in [4.69, 9.17) is 9.84 Å². The van der Waals surface area contributed by atoms with Gasteiger partial charge in [0, 0.05) is 67.9 Å². The zero-order chi connectivity index (χ0) is 28.6. The Balaban J connectivity index is 1.66. The molecule has 8 heteroatoms. The molecule has 3 aromatic rings. The van der Waals surface area contributed by atoms with Crippen molar-refractivity contribution in [1.29, 1.82) is 0 Å². The molecule has 2 aromatic carbocycles. The van der Waals surface area contributed by atoms with E-state index in [-0.39, 0.29) is 24.6 Å². The van der Waals surface area contributed by atoms with Gasteiger partial charge in [-0.25, -0.2) is 0 Å². The number of nitrogens with zero attached hydrogens (tertiary/aromatic N) is 1. The molecular weight excluding hydrogens is 504 g/mol. The topological polar surface area (TPSA) is 107 Å². The summed E-state index contributed by atoms with van der Waals surface area (Å²) in [5.41, 5.74) is 8.82. The third-order valence-corrected chi connectivity index (χ3v) is 7.76. The van der Waals surface area contributed by atoms with Crippen molar-refractivity contribution in [3.8, 4) is 11.1 Å². The van der Waals surface area contributed by atoms with Crippen molar-refractivity contribution in [2.75, 3.05) is 37.8 Å². The van der Waals surface area contributed by atoms with Gasteiger partial charge in [-0.1, -0.05) is 12.1 Å². The first-order valence-corrected chi connectivity index (χ1v) is 14.2. The largest absolute Gasteiger partial charge is 0.395 e. The Labute approximate surface area is 236 Å². The van der Waals surface area contributed by atoms with Gasteiger partial charge in [-0.3, -0.25) is 9.59 Å². The van der Waals surface area contributed by atoms with Crippen LogP contribution in [0.2, 0.25) is 0 Å². The minimum Gasteiger partial charge on any atom is -0.395 e. The standard InChI is InChI=1S/C32H42N4O4/c1-5-36(28-10-14-40-15-11-28)30-18-26(24-6-8-25(9-7-24)31(38)34-12-13-37)17-27(23(30)4)19-33-20-29-21(2)16-22(3)35-32(29)39/h6-9,16-18,28,33,37H,5,10-15,19-20H2,1-4H3,(H,34,38)(H,35,39). The number of hydrogen-bond donors (Lipinski definition) is 4. The van der Waals surface area contributed by atoms with Crippen LogP contribution in [0, 0.1) is 20.8 Å². The highest BCUT2D eigenvalue weighted by molar-refractivity contribution is 5.94. The Bertz CT molecular complexity index is 1360. The predicted molar refractivity (Wildman–Crippen MR) is 160 cm³/mol. The minimum atomic E-state index is -0.201. The van der Waals surface area contributed by atoms with Gasteiger partial charge >= 0.3 is 0 Å². The lowest BCUT2D eigenvalue weighted by atomic mass is 9.95. The number of carbonyl (C=O) groups excluding carboxylic acids is 1. The number of aliphatic hydroxyl groups excluding tert-OH is 1. The van der Waals surface area contributed by atoms with E-state index in [1.54, 1.807) is 0 Å². The van der Waals surface area contributed by atoms with Gasteiger partial charge in [-0.05, 0) is 98.7 Å². The van der Waals surface area contributed by atoms with Gasteiger partial charge in [-0.15, -0.1) is 0 Å². The van der Waals surface area contributed by atoms with Crippen LogP contribution in [0.5, 0.6) is 0 Å². The lowest BCUT2D eigenvalue weighted by Gasteiger charge is -2.37. The van der Waals surface area contributed by atoms with Crippen molar-refractivity contribution >= 4 is 11.6 Å². The number of aromatic nitrogens is 1. The molecule has 0 atom stereocenters. The smallest absolute Gasteiger partial charge is 0.252 e. The number of ether oxygens (including phenoxy) is 1. The molecule has 0 saturated carbocycles. The molecule has 1 aromatic heterocycles. The molecule has 0 aliphatic carbocycles. The Kier molecular flexibility index (Phi) is 10.1. The molecule has 2 heterocycles. The fourth-order valence-corrected chi connectivity index (χ4v) is 5.54. The van der Waals surface area contributed by atoms with Gasteiger partial charge in [0.1, 0.15) is 0 Å². The monoisotopic (exact) mass is 546 g/mol. The molecule has 4 N–H and O–H groups in total. The maximum atomic E-state index is 12.5. The zero-order valence-electron chi connectivity index (χ0n) is 24.1. The first kappa shape index (κ1) is 29.5. The minimum absolute atomic E-state index is 0.0454. The van der Waals surface area contributed by atoms with Crippen LogP contribution in [0.3, 0.4) is 0 Å². The number of carbonyl (C=O) groups is 1. The van der Waals surface area contributed by atoms with Gasteiger partial charge in [0.15, 0.2) is 0 Å². The van der Waals surface area contributed by atoms with E-state index in [1.807, 2.05) is 44.2 Å². The summed E-state index contributed by atoms with van der Waals surface area (Å²) >= 11 is 0. The number of rotatable bonds is 11.